The first-order valence-corrected chi connectivity index (χ1v) is 5.68. The molecule has 0 unspecified atom stereocenters. The summed E-state index contributed by atoms with van der Waals surface area (Å²) in [5, 5.41) is 12.9. The maximum absolute atomic E-state index is 11.8. The van der Waals surface area contributed by atoms with E-state index in [1.165, 1.54) is 4.68 Å². The molecule has 90 valence electrons. The quantitative estimate of drug-likeness (QED) is 0.777. The molecular weight excluding hydrogens is 216 g/mol. The number of anilines is 1. The summed E-state index contributed by atoms with van der Waals surface area (Å²) in [5.74, 6) is 0. The van der Waals surface area contributed by atoms with Crippen molar-refractivity contribution in [2.75, 3.05) is 19.0 Å². The molecule has 0 saturated heterocycles. The van der Waals surface area contributed by atoms with Gasteiger partial charge in [0.1, 0.15) is 0 Å². The SMILES string of the molecule is CN(C)c1cnn(CC2(CC#N)CC2)c(=O)c1. The molecule has 1 aliphatic rings. The van der Waals surface area contributed by atoms with E-state index in [9.17, 15) is 4.79 Å². The van der Waals surface area contributed by atoms with Gasteiger partial charge in [0.2, 0.25) is 0 Å². The Balaban J connectivity index is 2.18. The largest absolute Gasteiger partial charge is 0.376 e. The molecule has 1 heterocycles. The molecule has 0 aliphatic heterocycles. The van der Waals surface area contributed by atoms with Crippen LogP contribution in [-0.4, -0.2) is 23.9 Å². The van der Waals surface area contributed by atoms with Gasteiger partial charge in [-0.15, -0.1) is 0 Å². The van der Waals surface area contributed by atoms with Crippen LogP contribution in [0.4, 0.5) is 5.69 Å². The van der Waals surface area contributed by atoms with Gasteiger partial charge >= 0.3 is 0 Å². The van der Waals surface area contributed by atoms with Crippen LogP contribution < -0.4 is 10.5 Å². The van der Waals surface area contributed by atoms with Crippen molar-refractivity contribution >= 4 is 5.69 Å². The second-order valence-electron chi connectivity index (χ2n) is 4.94. The number of rotatable bonds is 4. The number of nitriles is 1. The van der Waals surface area contributed by atoms with Gasteiger partial charge < -0.3 is 4.90 Å². The second kappa shape index (κ2) is 4.21. The van der Waals surface area contributed by atoms with Crippen LogP contribution in [0.1, 0.15) is 19.3 Å². The first-order chi connectivity index (χ1) is 8.06. The zero-order valence-corrected chi connectivity index (χ0v) is 10.2. The fourth-order valence-electron chi connectivity index (χ4n) is 1.84. The van der Waals surface area contributed by atoms with E-state index < -0.39 is 0 Å². The highest BCUT2D eigenvalue weighted by Crippen LogP contribution is 2.49. The Labute approximate surface area is 100 Å². The lowest BCUT2D eigenvalue weighted by atomic mass is 10.0. The average Bonchev–Trinajstić information content (AvgIpc) is 3.01. The molecule has 0 N–H and O–H groups in total. The molecule has 1 aliphatic carbocycles. The van der Waals surface area contributed by atoms with Crippen molar-refractivity contribution in [3.05, 3.63) is 22.6 Å². The molecule has 1 aromatic rings. The highest BCUT2D eigenvalue weighted by molar-refractivity contribution is 5.40. The monoisotopic (exact) mass is 232 g/mol. The van der Waals surface area contributed by atoms with Gasteiger partial charge in [-0.2, -0.15) is 10.4 Å². The molecule has 0 bridgehead atoms. The van der Waals surface area contributed by atoms with Crippen LogP contribution in [-0.2, 0) is 6.54 Å². The lowest BCUT2D eigenvalue weighted by Crippen LogP contribution is -2.27. The molecule has 1 fully saturated rings. The summed E-state index contributed by atoms with van der Waals surface area (Å²) in [6.07, 6.45) is 4.23. The molecule has 17 heavy (non-hydrogen) atoms. The number of hydrogen-bond acceptors (Lipinski definition) is 4. The van der Waals surface area contributed by atoms with Crippen LogP contribution in [0.3, 0.4) is 0 Å². The minimum atomic E-state index is -0.0968. The van der Waals surface area contributed by atoms with Gasteiger partial charge in [-0.1, -0.05) is 0 Å². The summed E-state index contributed by atoms with van der Waals surface area (Å²) in [5.41, 5.74) is 0.711. The molecule has 1 aromatic heterocycles. The summed E-state index contributed by atoms with van der Waals surface area (Å²) in [7, 11) is 3.75. The molecule has 0 radical (unpaired) electrons. The number of hydrogen-bond donors (Lipinski definition) is 0. The van der Waals surface area contributed by atoms with E-state index in [0.717, 1.165) is 18.5 Å². The number of aromatic nitrogens is 2. The van der Waals surface area contributed by atoms with E-state index in [1.807, 2.05) is 19.0 Å². The van der Waals surface area contributed by atoms with Crippen LogP contribution in [0.25, 0.3) is 0 Å². The summed E-state index contributed by atoms with van der Waals surface area (Å²) >= 11 is 0. The Kier molecular flexibility index (Phi) is 2.88. The summed E-state index contributed by atoms with van der Waals surface area (Å²) in [4.78, 5) is 13.7. The van der Waals surface area contributed by atoms with Crippen LogP contribution in [0.15, 0.2) is 17.1 Å². The van der Waals surface area contributed by atoms with Gasteiger partial charge in [0, 0.05) is 32.0 Å². The molecular formula is C12H16N4O. The first kappa shape index (κ1) is 11.6. The van der Waals surface area contributed by atoms with Crippen molar-refractivity contribution in [1.82, 2.24) is 9.78 Å². The minimum Gasteiger partial charge on any atom is -0.376 e. The van der Waals surface area contributed by atoms with E-state index in [0.29, 0.717) is 13.0 Å². The van der Waals surface area contributed by atoms with Crippen molar-refractivity contribution < 1.29 is 0 Å². The Hall–Kier alpha value is -1.83. The van der Waals surface area contributed by atoms with Crippen molar-refractivity contribution in [2.45, 2.75) is 25.8 Å². The fourth-order valence-corrected chi connectivity index (χ4v) is 1.84. The molecule has 0 atom stereocenters. The van der Waals surface area contributed by atoms with E-state index in [4.69, 9.17) is 5.26 Å². The summed E-state index contributed by atoms with van der Waals surface area (Å²) < 4.78 is 1.47. The van der Waals surface area contributed by atoms with Gasteiger partial charge in [0.25, 0.3) is 5.56 Å². The van der Waals surface area contributed by atoms with Gasteiger partial charge in [-0.05, 0) is 12.8 Å². The van der Waals surface area contributed by atoms with Crippen LogP contribution in [0.5, 0.6) is 0 Å². The lowest BCUT2D eigenvalue weighted by molar-refractivity contribution is 0.391. The van der Waals surface area contributed by atoms with Gasteiger partial charge in [-0.25, -0.2) is 4.68 Å². The first-order valence-electron chi connectivity index (χ1n) is 5.68. The average molecular weight is 232 g/mol. The fraction of sp³-hybridized carbons (Fsp3) is 0.583. The van der Waals surface area contributed by atoms with Crippen molar-refractivity contribution in [2.24, 2.45) is 5.41 Å². The van der Waals surface area contributed by atoms with Crippen molar-refractivity contribution in [3.8, 4) is 6.07 Å². The third-order valence-electron chi connectivity index (χ3n) is 3.27. The molecule has 0 amide bonds. The summed E-state index contributed by atoms with van der Waals surface area (Å²) in [6.45, 7) is 0.563. The minimum absolute atomic E-state index is 0.00517. The van der Waals surface area contributed by atoms with Crippen molar-refractivity contribution in [1.29, 1.82) is 5.26 Å². The van der Waals surface area contributed by atoms with E-state index in [1.54, 1.807) is 12.3 Å². The highest BCUT2D eigenvalue weighted by Gasteiger charge is 2.43. The Morgan fingerprint density at radius 2 is 2.29 bits per heavy atom. The third-order valence-corrected chi connectivity index (χ3v) is 3.27. The lowest BCUT2D eigenvalue weighted by Gasteiger charge is -2.15. The third kappa shape index (κ3) is 2.47. The highest BCUT2D eigenvalue weighted by atomic mass is 16.1. The molecule has 0 aromatic carbocycles. The van der Waals surface area contributed by atoms with E-state index in [2.05, 4.69) is 11.2 Å². The standard InChI is InChI=1S/C12H16N4O/c1-15(2)10-7-11(17)16(14-8-10)9-12(3-4-12)5-6-13/h7-8H,3-5,9H2,1-2H3. The zero-order valence-electron chi connectivity index (χ0n) is 10.2. The Morgan fingerprint density at radius 1 is 1.59 bits per heavy atom. The predicted octanol–water partition coefficient (Wildman–Crippen LogP) is 1.00. The van der Waals surface area contributed by atoms with Crippen LogP contribution in [0, 0.1) is 16.7 Å². The van der Waals surface area contributed by atoms with E-state index >= 15 is 0 Å². The molecule has 2 rings (SSSR count). The van der Waals surface area contributed by atoms with Gasteiger partial charge in [0.15, 0.2) is 0 Å². The molecule has 0 spiro atoms. The maximum atomic E-state index is 11.8. The van der Waals surface area contributed by atoms with E-state index in [-0.39, 0.29) is 11.0 Å². The van der Waals surface area contributed by atoms with Crippen molar-refractivity contribution in [3.63, 3.8) is 0 Å². The van der Waals surface area contributed by atoms with Gasteiger partial charge in [-0.3, -0.25) is 4.79 Å². The molecule has 1 saturated carbocycles. The second-order valence-corrected chi connectivity index (χ2v) is 4.94. The van der Waals surface area contributed by atoms with Gasteiger partial charge in [0.05, 0.1) is 24.5 Å². The van der Waals surface area contributed by atoms with Crippen LogP contribution >= 0.6 is 0 Å². The zero-order chi connectivity index (χ0) is 12.5. The maximum Gasteiger partial charge on any atom is 0.268 e. The normalized spacial score (nSPS) is 16.3. The summed E-state index contributed by atoms with van der Waals surface area (Å²) in [6, 6.07) is 3.77. The molecule has 5 heteroatoms. The number of nitrogens with zero attached hydrogens (tertiary/aromatic N) is 4. The Morgan fingerprint density at radius 3 is 2.76 bits per heavy atom. The van der Waals surface area contributed by atoms with Crippen LogP contribution in [0.2, 0.25) is 0 Å². The smallest absolute Gasteiger partial charge is 0.268 e. The predicted molar refractivity (Wildman–Crippen MR) is 64.7 cm³/mol. The molecule has 5 nitrogen and oxygen atoms in total. The Bertz CT molecular complexity index is 508. The topological polar surface area (TPSA) is 61.9 Å².